The van der Waals surface area contributed by atoms with Gasteiger partial charge in [0.25, 0.3) is 5.91 Å². The minimum Gasteiger partial charge on any atom is -0.383 e. The third-order valence-electron chi connectivity index (χ3n) is 4.89. The van der Waals surface area contributed by atoms with Gasteiger partial charge >= 0.3 is 0 Å². The van der Waals surface area contributed by atoms with Crippen LogP contribution in [0.2, 0.25) is 0 Å². The van der Waals surface area contributed by atoms with Crippen molar-refractivity contribution in [2.45, 2.75) is 31.9 Å². The Kier molecular flexibility index (Phi) is 5.52. The molecule has 0 saturated heterocycles. The number of carbonyl (C=O) groups is 1. The van der Waals surface area contributed by atoms with Crippen LogP contribution in [-0.4, -0.2) is 28.6 Å². The van der Waals surface area contributed by atoms with Crippen LogP contribution in [0.15, 0.2) is 78.2 Å². The highest BCUT2D eigenvalue weighted by Gasteiger charge is 2.40. The minimum atomic E-state index is -0.981. The molecule has 1 saturated carbocycles. The maximum atomic E-state index is 14.3. The number of halogens is 1. The SMILES string of the molecule is C=C(C1=C[C@@H](c2ccccc2)N(C(=O)[C@@H](O)C2CC2)C1)/C(F)=C\C=C/C. The van der Waals surface area contributed by atoms with Crippen molar-refractivity contribution in [3.63, 3.8) is 0 Å². The summed E-state index contributed by atoms with van der Waals surface area (Å²) in [4.78, 5) is 14.4. The van der Waals surface area contributed by atoms with Gasteiger partial charge < -0.3 is 10.0 Å². The summed E-state index contributed by atoms with van der Waals surface area (Å²) >= 11 is 0. The molecule has 136 valence electrons. The third-order valence-corrected chi connectivity index (χ3v) is 4.89. The van der Waals surface area contributed by atoms with Crippen LogP contribution in [0.1, 0.15) is 31.4 Å². The predicted molar refractivity (Wildman–Crippen MR) is 101 cm³/mol. The van der Waals surface area contributed by atoms with Gasteiger partial charge in [0.05, 0.1) is 6.04 Å². The maximum Gasteiger partial charge on any atom is 0.252 e. The number of aliphatic hydroxyl groups excluding tert-OH is 1. The number of carbonyl (C=O) groups excluding carboxylic acids is 1. The number of hydrogen-bond donors (Lipinski definition) is 1. The van der Waals surface area contributed by atoms with E-state index in [9.17, 15) is 14.3 Å². The molecule has 0 unspecified atom stereocenters. The molecule has 1 aliphatic heterocycles. The number of nitrogens with zero attached hydrogens (tertiary/aromatic N) is 1. The average molecular weight is 353 g/mol. The van der Waals surface area contributed by atoms with Gasteiger partial charge in [0.2, 0.25) is 0 Å². The van der Waals surface area contributed by atoms with E-state index in [1.54, 1.807) is 17.1 Å². The summed E-state index contributed by atoms with van der Waals surface area (Å²) in [5.74, 6) is -0.658. The summed E-state index contributed by atoms with van der Waals surface area (Å²) in [7, 11) is 0. The number of hydrogen-bond acceptors (Lipinski definition) is 2. The largest absolute Gasteiger partial charge is 0.383 e. The van der Waals surface area contributed by atoms with Crippen molar-refractivity contribution in [3.8, 4) is 0 Å². The summed E-state index contributed by atoms with van der Waals surface area (Å²) in [6.07, 6.45) is 7.37. The van der Waals surface area contributed by atoms with Gasteiger partial charge in [-0.15, -0.1) is 0 Å². The van der Waals surface area contributed by atoms with Crippen LogP contribution in [0.5, 0.6) is 0 Å². The number of aliphatic hydroxyl groups is 1. The van der Waals surface area contributed by atoms with Crippen molar-refractivity contribution < 1.29 is 14.3 Å². The van der Waals surface area contributed by atoms with Gasteiger partial charge in [-0.25, -0.2) is 4.39 Å². The molecule has 1 heterocycles. The van der Waals surface area contributed by atoms with Crippen LogP contribution < -0.4 is 0 Å². The fourth-order valence-corrected chi connectivity index (χ4v) is 3.17. The van der Waals surface area contributed by atoms with E-state index in [1.165, 1.54) is 6.08 Å². The van der Waals surface area contributed by atoms with Gasteiger partial charge in [-0.2, -0.15) is 0 Å². The Hall–Kier alpha value is -2.46. The Morgan fingerprint density at radius 1 is 1.35 bits per heavy atom. The second-order valence-electron chi connectivity index (χ2n) is 6.81. The van der Waals surface area contributed by atoms with Crippen LogP contribution in [0, 0.1) is 5.92 Å². The van der Waals surface area contributed by atoms with E-state index in [4.69, 9.17) is 0 Å². The number of allylic oxidation sites excluding steroid dienone is 4. The van der Waals surface area contributed by atoms with Crippen molar-refractivity contribution in [2.24, 2.45) is 5.92 Å². The first-order valence-corrected chi connectivity index (χ1v) is 8.95. The molecular formula is C22H24FNO2. The Morgan fingerprint density at radius 2 is 2.04 bits per heavy atom. The molecule has 0 spiro atoms. The molecule has 1 aliphatic carbocycles. The fourth-order valence-electron chi connectivity index (χ4n) is 3.17. The van der Waals surface area contributed by atoms with Crippen LogP contribution >= 0.6 is 0 Å². The smallest absolute Gasteiger partial charge is 0.252 e. The highest BCUT2D eigenvalue weighted by atomic mass is 19.1. The Labute approximate surface area is 153 Å². The molecule has 3 nitrogen and oxygen atoms in total. The summed E-state index contributed by atoms with van der Waals surface area (Å²) in [6.45, 7) is 5.92. The zero-order chi connectivity index (χ0) is 18.7. The molecule has 1 fully saturated rings. The normalized spacial score (nSPS) is 21.8. The molecule has 1 aromatic carbocycles. The first-order chi connectivity index (χ1) is 12.5. The molecule has 0 aromatic heterocycles. The minimum absolute atomic E-state index is 0.0532. The molecule has 1 N–H and O–H groups in total. The molecule has 3 rings (SSSR count). The first kappa shape index (κ1) is 18.3. The van der Waals surface area contributed by atoms with E-state index in [0.717, 1.165) is 18.4 Å². The van der Waals surface area contributed by atoms with Crippen LogP contribution in [0.4, 0.5) is 4.39 Å². The fraction of sp³-hybridized carbons (Fsp3) is 0.318. The van der Waals surface area contributed by atoms with Gasteiger partial charge in [0.15, 0.2) is 0 Å². The molecule has 0 bridgehead atoms. The lowest BCUT2D eigenvalue weighted by Gasteiger charge is -2.27. The summed E-state index contributed by atoms with van der Waals surface area (Å²) < 4.78 is 14.3. The average Bonchev–Trinajstić information content (AvgIpc) is 3.43. The monoisotopic (exact) mass is 353 g/mol. The highest BCUT2D eigenvalue weighted by molar-refractivity contribution is 5.83. The van der Waals surface area contributed by atoms with Gasteiger partial charge in [0.1, 0.15) is 11.9 Å². The van der Waals surface area contributed by atoms with E-state index >= 15 is 0 Å². The van der Waals surface area contributed by atoms with E-state index in [1.807, 2.05) is 43.3 Å². The number of rotatable bonds is 6. The van der Waals surface area contributed by atoms with Crippen molar-refractivity contribution in [3.05, 3.63) is 83.8 Å². The maximum absolute atomic E-state index is 14.3. The lowest BCUT2D eigenvalue weighted by Crippen LogP contribution is -2.40. The predicted octanol–water partition coefficient (Wildman–Crippen LogP) is 4.25. The number of amides is 1. The molecule has 2 atom stereocenters. The second-order valence-corrected chi connectivity index (χ2v) is 6.81. The Bertz CT molecular complexity index is 775. The molecule has 2 aliphatic rings. The molecule has 4 heteroatoms. The summed E-state index contributed by atoms with van der Waals surface area (Å²) in [5.41, 5.74) is 1.89. The van der Waals surface area contributed by atoms with Gasteiger partial charge in [0, 0.05) is 12.1 Å². The van der Waals surface area contributed by atoms with Gasteiger partial charge in [-0.3, -0.25) is 4.79 Å². The standard InChI is InChI=1S/C22H24FNO2/c1-3-4-10-19(23)15(2)18-13-20(16-8-6-5-7-9-16)24(14-18)22(26)21(25)17-11-12-17/h3-10,13,17,20-21,25H,2,11-12,14H2,1H3/b4-3-,19-10+/t20-,21-/m0/s1. The highest BCUT2D eigenvalue weighted by Crippen LogP contribution is 2.38. The molecule has 1 aromatic rings. The van der Waals surface area contributed by atoms with Crippen molar-refractivity contribution in [1.29, 1.82) is 0 Å². The topological polar surface area (TPSA) is 40.5 Å². The third kappa shape index (κ3) is 3.86. The quantitative estimate of drug-likeness (QED) is 0.777. The van der Waals surface area contributed by atoms with Crippen LogP contribution in [0.3, 0.4) is 0 Å². The van der Waals surface area contributed by atoms with E-state index in [-0.39, 0.29) is 30.0 Å². The van der Waals surface area contributed by atoms with Crippen molar-refractivity contribution in [2.75, 3.05) is 6.54 Å². The number of benzene rings is 1. The Balaban J connectivity index is 1.88. The zero-order valence-electron chi connectivity index (χ0n) is 14.9. The van der Waals surface area contributed by atoms with E-state index in [0.29, 0.717) is 5.57 Å². The van der Waals surface area contributed by atoms with Crippen molar-refractivity contribution in [1.82, 2.24) is 4.90 Å². The zero-order valence-corrected chi connectivity index (χ0v) is 14.9. The summed E-state index contributed by atoms with van der Waals surface area (Å²) in [5, 5.41) is 10.3. The van der Waals surface area contributed by atoms with Gasteiger partial charge in [-0.1, -0.05) is 55.1 Å². The van der Waals surface area contributed by atoms with Crippen molar-refractivity contribution >= 4 is 5.91 Å². The first-order valence-electron chi connectivity index (χ1n) is 8.95. The molecule has 26 heavy (non-hydrogen) atoms. The molecule has 0 radical (unpaired) electrons. The van der Waals surface area contributed by atoms with E-state index < -0.39 is 11.9 Å². The Morgan fingerprint density at radius 3 is 2.65 bits per heavy atom. The second kappa shape index (κ2) is 7.83. The molecule has 1 amide bonds. The van der Waals surface area contributed by atoms with Crippen LogP contribution in [-0.2, 0) is 4.79 Å². The molecular weight excluding hydrogens is 329 g/mol. The van der Waals surface area contributed by atoms with E-state index in [2.05, 4.69) is 6.58 Å². The lowest BCUT2D eigenvalue weighted by molar-refractivity contribution is -0.141. The van der Waals surface area contributed by atoms with Gasteiger partial charge in [-0.05, 0) is 42.9 Å². The van der Waals surface area contributed by atoms with Crippen LogP contribution in [0.25, 0.3) is 0 Å². The summed E-state index contributed by atoms with van der Waals surface area (Å²) in [6, 6.07) is 9.27. The lowest BCUT2D eigenvalue weighted by atomic mass is 10.0.